The zero-order valence-corrected chi connectivity index (χ0v) is 14.3. The second-order valence-corrected chi connectivity index (χ2v) is 5.57. The van der Waals surface area contributed by atoms with Gasteiger partial charge in [-0.25, -0.2) is 4.98 Å². The third kappa shape index (κ3) is 5.77. The predicted octanol–water partition coefficient (Wildman–Crippen LogP) is 2.95. The lowest BCUT2D eigenvalue weighted by atomic mass is 10.1. The number of nitrogens with zero attached hydrogens (tertiary/aromatic N) is 1. The van der Waals surface area contributed by atoms with Crippen molar-refractivity contribution in [3.63, 3.8) is 0 Å². The summed E-state index contributed by atoms with van der Waals surface area (Å²) in [7, 11) is 0. The van der Waals surface area contributed by atoms with E-state index in [0.29, 0.717) is 12.5 Å². The molecule has 1 amide bonds. The Morgan fingerprint density at radius 1 is 1.21 bits per heavy atom. The van der Waals surface area contributed by atoms with Crippen LogP contribution in [0.3, 0.4) is 0 Å². The van der Waals surface area contributed by atoms with Crippen molar-refractivity contribution in [2.75, 3.05) is 6.61 Å². The molecule has 2 rings (SSSR count). The molecule has 2 aromatic rings. The predicted molar refractivity (Wildman–Crippen MR) is 94.8 cm³/mol. The summed E-state index contributed by atoms with van der Waals surface area (Å²) in [5.74, 6) is 6.84. The molecule has 0 bridgehead atoms. The number of carbonyl (C=O) groups is 1. The van der Waals surface area contributed by atoms with Crippen molar-refractivity contribution in [1.82, 2.24) is 10.3 Å². The average molecular weight is 322 g/mol. The van der Waals surface area contributed by atoms with Gasteiger partial charge < -0.3 is 10.1 Å². The lowest BCUT2D eigenvalue weighted by Crippen LogP contribution is -2.31. The van der Waals surface area contributed by atoms with E-state index in [1.807, 2.05) is 50.2 Å². The first-order chi connectivity index (χ1) is 11.6. The molecular weight excluding hydrogens is 300 g/mol. The molecule has 4 nitrogen and oxygen atoms in total. The summed E-state index contributed by atoms with van der Waals surface area (Å²) < 4.78 is 5.37. The molecule has 0 saturated heterocycles. The third-order valence-corrected chi connectivity index (χ3v) is 3.32. The van der Waals surface area contributed by atoms with E-state index in [-0.39, 0.29) is 11.9 Å². The Hall–Kier alpha value is -2.80. The number of nitrogens with one attached hydrogen (secondary N) is 1. The summed E-state index contributed by atoms with van der Waals surface area (Å²) in [6.45, 7) is 6.04. The number of carbonyl (C=O) groups excluding carboxylic acids is 1. The Kier molecular flexibility index (Phi) is 6.39. The van der Waals surface area contributed by atoms with Crippen LogP contribution in [0.4, 0.5) is 0 Å². The molecule has 1 aromatic heterocycles. The molecule has 0 radical (unpaired) electrons. The summed E-state index contributed by atoms with van der Waals surface area (Å²) >= 11 is 0. The molecule has 0 aliphatic heterocycles. The van der Waals surface area contributed by atoms with Gasteiger partial charge in [-0.3, -0.25) is 4.79 Å². The van der Waals surface area contributed by atoms with Gasteiger partial charge in [-0.1, -0.05) is 24.0 Å². The van der Waals surface area contributed by atoms with E-state index in [9.17, 15) is 4.79 Å². The van der Waals surface area contributed by atoms with Crippen LogP contribution in [0, 0.1) is 11.8 Å². The minimum Gasteiger partial charge on any atom is -0.478 e. The maximum Gasteiger partial charge on any atom is 0.217 e. The average Bonchev–Trinajstić information content (AvgIpc) is 2.54. The minimum atomic E-state index is -0.00578. The smallest absolute Gasteiger partial charge is 0.217 e. The molecule has 0 spiro atoms. The van der Waals surface area contributed by atoms with Crippen LogP contribution in [-0.2, 0) is 11.2 Å². The topological polar surface area (TPSA) is 51.2 Å². The summed E-state index contributed by atoms with van der Waals surface area (Å²) in [6, 6.07) is 11.9. The number of aromatic nitrogens is 1. The maximum absolute atomic E-state index is 11.0. The molecule has 0 unspecified atom stereocenters. The van der Waals surface area contributed by atoms with Gasteiger partial charge in [0.15, 0.2) is 0 Å². The van der Waals surface area contributed by atoms with Crippen molar-refractivity contribution in [3.8, 4) is 17.7 Å². The first kappa shape index (κ1) is 17.6. The van der Waals surface area contributed by atoms with Gasteiger partial charge in [0.2, 0.25) is 11.8 Å². The highest BCUT2D eigenvalue weighted by Gasteiger charge is 2.04. The lowest BCUT2D eigenvalue weighted by molar-refractivity contribution is -0.119. The van der Waals surface area contributed by atoms with Gasteiger partial charge in [-0.15, -0.1) is 0 Å². The Morgan fingerprint density at radius 3 is 2.58 bits per heavy atom. The van der Waals surface area contributed by atoms with Crippen molar-refractivity contribution in [3.05, 3.63) is 59.3 Å². The fourth-order valence-corrected chi connectivity index (χ4v) is 2.33. The molecule has 1 heterocycles. The zero-order chi connectivity index (χ0) is 17.4. The molecule has 0 saturated carbocycles. The van der Waals surface area contributed by atoms with Gasteiger partial charge in [0, 0.05) is 36.4 Å². The molecule has 0 aliphatic rings. The Morgan fingerprint density at radius 2 is 1.92 bits per heavy atom. The number of benzene rings is 1. The minimum absolute atomic E-state index is 0.00578. The van der Waals surface area contributed by atoms with Crippen LogP contribution in [0.15, 0.2) is 42.6 Å². The monoisotopic (exact) mass is 322 g/mol. The largest absolute Gasteiger partial charge is 0.478 e. The summed E-state index contributed by atoms with van der Waals surface area (Å²) in [6.07, 6.45) is 2.50. The van der Waals surface area contributed by atoms with E-state index in [0.717, 1.165) is 17.5 Å². The highest BCUT2D eigenvalue weighted by Crippen LogP contribution is 2.09. The lowest BCUT2D eigenvalue weighted by Gasteiger charge is -2.12. The Bertz CT molecular complexity index is 742. The van der Waals surface area contributed by atoms with Crippen LogP contribution < -0.4 is 10.1 Å². The molecule has 1 aromatic carbocycles. The third-order valence-electron chi connectivity index (χ3n) is 3.32. The number of hydrogen-bond acceptors (Lipinski definition) is 3. The number of ether oxygens (including phenoxy) is 1. The van der Waals surface area contributed by atoms with Gasteiger partial charge in [0.25, 0.3) is 0 Å². The van der Waals surface area contributed by atoms with Crippen molar-refractivity contribution in [2.24, 2.45) is 0 Å². The molecular formula is C20H22N2O2. The van der Waals surface area contributed by atoms with Crippen LogP contribution in [0.1, 0.15) is 37.5 Å². The van der Waals surface area contributed by atoms with Crippen molar-refractivity contribution < 1.29 is 9.53 Å². The zero-order valence-electron chi connectivity index (χ0n) is 14.3. The molecule has 1 atom stereocenters. The number of rotatable bonds is 5. The molecule has 124 valence electrons. The van der Waals surface area contributed by atoms with E-state index in [4.69, 9.17) is 4.74 Å². The second-order valence-electron chi connectivity index (χ2n) is 5.57. The van der Waals surface area contributed by atoms with Crippen molar-refractivity contribution in [1.29, 1.82) is 0 Å². The first-order valence-corrected chi connectivity index (χ1v) is 8.03. The Labute approximate surface area is 143 Å². The number of pyridine rings is 1. The normalized spacial score (nSPS) is 11.1. The summed E-state index contributed by atoms with van der Waals surface area (Å²) in [5, 5.41) is 2.88. The van der Waals surface area contributed by atoms with E-state index >= 15 is 0 Å². The molecule has 24 heavy (non-hydrogen) atoms. The number of hydrogen-bond donors (Lipinski definition) is 1. The van der Waals surface area contributed by atoms with Crippen molar-refractivity contribution in [2.45, 2.75) is 33.2 Å². The van der Waals surface area contributed by atoms with Crippen molar-refractivity contribution >= 4 is 5.91 Å². The van der Waals surface area contributed by atoms with Gasteiger partial charge >= 0.3 is 0 Å². The molecule has 1 N–H and O–H groups in total. The second kappa shape index (κ2) is 8.73. The Balaban J connectivity index is 2.02. The maximum atomic E-state index is 11.0. The van der Waals surface area contributed by atoms with Crippen LogP contribution in [-0.4, -0.2) is 23.5 Å². The molecule has 0 fully saturated rings. The number of amides is 1. The van der Waals surface area contributed by atoms with Gasteiger partial charge in [0.1, 0.15) is 0 Å². The van der Waals surface area contributed by atoms with E-state index in [1.165, 1.54) is 12.5 Å². The van der Waals surface area contributed by atoms with Gasteiger partial charge in [-0.05, 0) is 44.0 Å². The van der Waals surface area contributed by atoms with E-state index in [1.54, 1.807) is 6.20 Å². The van der Waals surface area contributed by atoms with E-state index < -0.39 is 0 Å². The van der Waals surface area contributed by atoms with Crippen LogP contribution in [0.25, 0.3) is 0 Å². The van der Waals surface area contributed by atoms with Gasteiger partial charge in [-0.2, -0.15) is 0 Å². The van der Waals surface area contributed by atoms with Crippen LogP contribution in [0.2, 0.25) is 0 Å². The summed E-state index contributed by atoms with van der Waals surface area (Å²) in [5.41, 5.74) is 2.99. The highest BCUT2D eigenvalue weighted by molar-refractivity contribution is 5.73. The highest BCUT2D eigenvalue weighted by atomic mass is 16.5. The van der Waals surface area contributed by atoms with Gasteiger partial charge in [0.05, 0.1) is 6.61 Å². The molecule has 4 heteroatoms. The molecule has 0 aliphatic carbocycles. The standard InChI is InChI=1S/C20H22N2O2/c1-4-24-20-14-19(11-12-21-20)10-7-17-5-8-18(9-6-17)13-15(2)22-16(3)23/h5-6,8-9,11-12,14-15H,4,13H2,1-3H3,(H,22,23)/t15-/m0/s1. The fourth-order valence-electron chi connectivity index (χ4n) is 2.33. The summed E-state index contributed by atoms with van der Waals surface area (Å²) in [4.78, 5) is 15.2. The first-order valence-electron chi connectivity index (χ1n) is 8.03. The van der Waals surface area contributed by atoms with E-state index in [2.05, 4.69) is 22.1 Å². The van der Waals surface area contributed by atoms with Crippen LogP contribution >= 0.6 is 0 Å². The SMILES string of the molecule is CCOc1cc(C#Cc2ccc(C[C@H](C)NC(C)=O)cc2)ccn1. The quantitative estimate of drug-likeness (QED) is 0.861. The van der Waals surface area contributed by atoms with Crippen LogP contribution in [0.5, 0.6) is 5.88 Å². The fraction of sp³-hybridized carbons (Fsp3) is 0.300.